The van der Waals surface area contributed by atoms with E-state index in [-0.39, 0.29) is 17.4 Å². The van der Waals surface area contributed by atoms with Gasteiger partial charge in [-0.2, -0.15) is 0 Å². The fourth-order valence-corrected chi connectivity index (χ4v) is 1.74. The Morgan fingerprint density at radius 1 is 1.20 bits per heavy atom. The van der Waals surface area contributed by atoms with Crippen molar-refractivity contribution in [1.29, 1.82) is 0 Å². The van der Waals surface area contributed by atoms with Crippen LogP contribution in [0.25, 0.3) is 0 Å². The van der Waals surface area contributed by atoms with E-state index in [0.29, 0.717) is 24.3 Å². The molecule has 0 aliphatic rings. The van der Waals surface area contributed by atoms with Crippen molar-refractivity contribution in [3.8, 4) is 0 Å². The average molecular weight is 274 g/mol. The van der Waals surface area contributed by atoms with Crippen LogP contribution in [0.1, 0.15) is 16.1 Å². The van der Waals surface area contributed by atoms with Gasteiger partial charge in [0, 0.05) is 6.54 Å². The minimum atomic E-state index is -0.321. The van der Waals surface area contributed by atoms with Gasteiger partial charge in [0.25, 0.3) is 5.91 Å². The summed E-state index contributed by atoms with van der Waals surface area (Å²) in [6.45, 7) is 0.335. The maximum atomic E-state index is 13.4. The standard InChI is InChI=1S/C14H15FN4O/c15-11-5-2-1-4-10(11)8-9-17-14(20)12-6-3-7-13(18-12)19-16/h1-7H,8-9,16H2,(H,17,20)(H,18,19). The molecule has 2 rings (SSSR count). The average Bonchev–Trinajstić information content (AvgIpc) is 2.49. The topological polar surface area (TPSA) is 80.0 Å². The molecule has 0 atom stereocenters. The van der Waals surface area contributed by atoms with Crippen LogP contribution in [-0.4, -0.2) is 17.4 Å². The molecule has 1 aromatic heterocycles. The number of nitrogens with one attached hydrogen (secondary N) is 2. The Balaban J connectivity index is 1.91. The highest BCUT2D eigenvalue weighted by Crippen LogP contribution is 2.07. The lowest BCUT2D eigenvalue weighted by Gasteiger charge is -2.06. The van der Waals surface area contributed by atoms with Crippen molar-refractivity contribution in [2.75, 3.05) is 12.0 Å². The summed E-state index contributed by atoms with van der Waals surface area (Å²) < 4.78 is 13.4. The lowest BCUT2D eigenvalue weighted by molar-refractivity contribution is 0.0949. The molecule has 1 heterocycles. The zero-order valence-corrected chi connectivity index (χ0v) is 10.8. The zero-order chi connectivity index (χ0) is 14.4. The van der Waals surface area contributed by atoms with Crippen molar-refractivity contribution in [3.05, 3.63) is 59.5 Å². The largest absolute Gasteiger partial charge is 0.350 e. The molecule has 0 spiro atoms. The number of amides is 1. The minimum Gasteiger partial charge on any atom is -0.350 e. The maximum Gasteiger partial charge on any atom is 0.269 e. The Morgan fingerprint density at radius 3 is 2.75 bits per heavy atom. The number of nitrogens with two attached hydrogens (primary N) is 1. The van der Waals surface area contributed by atoms with Gasteiger partial charge in [-0.1, -0.05) is 24.3 Å². The van der Waals surface area contributed by atoms with Crippen molar-refractivity contribution >= 4 is 11.7 Å². The number of aromatic nitrogens is 1. The molecule has 0 bridgehead atoms. The molecule has 0 saturated heterocycles. The molecule has 20 heavy (non-hydrogen) atoms. The molecule has 6 heteroatoms. The SMILES string of the molecule is NNc1cccc(C(=O)NCCc2ccccc2F)n1. The quantitative estimate of drug-likeness (QED) is 0.570. The van der Waals surface area contributed by atoms with Crippen LogP contribution in [0, 0.1) is 5.82 Å². The normalized spacial score (nSPS) is 10.1. The van der Waals surface area contributed by atoms with Gasteiger partial charge < -0.3 is 10.7 Å². The van der Waals surface area contributed by atoms with Gasteiger partial charge in [-0.3, -0.25) is 4.79 Å². The van der Waals surface area contributed by atoms with Gasteiger partial charge in [0.2, 0.25) is 0 Å². The summed E-state index contributed by atoms with van der Waals surface area (Å²) in [7, 11) is 0. The van der Waals surface area contributed by atoms with Crippen LogP contribution >= 0.6 is 0 Å². The van der Waals surface area contributed by atoms with Crippen molar-refractivity contribution in [2.24, 2.45) is 5.84 Å². The zero-order valence-electron chi connectivity index (χ0n) is 10.8. The summed E-state index contributed by atoms with van der Waals surface area (Å²) in [5, 5.41) is 2.69. The van der Waals surface area contributed by atoms with Gasteiger partial charge in [0.15, 0.2) is 0 Å². The van der Waals surface area contributed by atoms with E-state index in [2.05, 4.69) is 15.7 Å². The van der Waals surface area contributed by atoms with Crippen LogP contribution in [0.15, 0.2) is 42.5 Å². The predicted octanol–water partition coefficient (Wildman–Crippen LogP) is 1.48. The molecule has 0 aliphatic carbocycles. The lowest BCUT2D eigenvalue weighted by atomic mass is 10.1. The molecular weight excluding hydrogens is 259 g/mol. The maximum absolute atomic E-state index is 13.4. The fraction of sp³-hybridized carbons (Fsp3) is 0.143. The summed E-state index contributed by atoms with van der Waals surface area (Å²) >= 11 is 0. The molecular formula is C14H15FN4O. The predicted molar refractivity (Wildman–Crippen MR) is 74.5 cm³/mol. The second kappa shape index (κ2) is 6.63. The fourth-order valence-electron chi connectivity index (χ4n) is 1.74. The minimum absolute atomic E-state index is 0.258. The number of nitrogens with zero attached hydrogens (tertiary/aromatic N) is 1. The Kier molecular flexibility index (Phi) is 4.62. The second-order valence-corrected chi connectivity index (χ2v) is 4.15. The summed E-state index contributed by atoms with van der Waals surface area (Å²) in [5.41, 5.74) is 3.20. The van der Waals surface area contributed by atoms with Crippen molar-refractivity contribution < 1.29 is 9.18 Å². The Bertz CT molecular complexity index is 603. The van der Waals surface area contributed by atoms with Crippen molar-refractivity contribution in [3.63, 3.8) is 0 Å². The van der Waals surface area contributed by atoms with E-state index < -0.39 is 0 Å². The molecule has 1 amide bonds. The Hall–Kier alpha value is -2.47. The first-order chi connectivity index (χ1) is 9.70. The molecule has 0 fully saturated rings. The second-order valence-electron chi connectivity index (χ2n) is 4.15. The van der Waals surface area contributed by atoms with Gasteiger partial charge >= 0.3 is 0 Å². The Morgan fingerprint density at radius 2 is 2.00 bits per heavy atom. The monoisotopic (exact) mass is 274 g/mol. The molecule has 4 N–H and O–H groups in total. The highest BCUT2D eigenvalue weighted by Gasteiger charge is 2.08. The van der Waals surface area contributed by atoms with E-state index in [1.807, 2.05) is 0 Å². The summed E-state index contributed by atoms with van der Waals surface area (Å²) in [4.78, 5) is 15.9. The third-order valence-electron chi connectivity index (χ3n) is 2.77. The van der Waals surface area contributed by atoms with E-state index in [1.54, 1.807) is 36.4 Å². The van der Waals surface area contributed by atoms with E-state index in [4.69, 9.17) is 5.84 Å². The summed E-state index contributed by atoms with van der Waals surface area (Å²) in [5.74, 6) is 5.04. The number of pyridine rings is 1. The molecule has 2 aromatic rings. The van der Waals surface area contributed by atoms with Gasteiger partial charge in [-0.05, 0) is 30.2 Å². The van der Waals surface area contributed by atoms with Gasteiger partial charge in [-0.15, -0.1) is 0 Å². The van der Waals surface area contributed by atoms with Crippen molar-refractivity contribution in [2.45, 2.75) is 6.42 Å². The van der Waals surface area contributed by atoms with Crippen LogP contribution in [-0.2, 0) is 6.42 Å². The van der Waals surface area contributed by atoms with Crippen molar-refractivity contribution in [1.82, 2.24) is 10.3 Å². The van der Waals surface area contributed by atoms with Crippen LogP contribution in [0.2, 0.25) is 0 Å². The first-order valence-electron chi connectivity index (χ1n) is 6.16. The molecule has 0 radical (unpaired) electrons. The third kappa shape index (κ3) is 3.52. The number of hydrogen-bond acceptors (Lipinski definition) is 4. The number of halogens is 1. The Labute approximate surface area is 116 Å². The first-order valence-corrected chi connectivity index (χ1v) is 6.16. The number of carbonyl (C=O) groups excluding carboxylic acids is 1. The number of benzene rings is 1. The van der Waals surface area contributed by atoms with Crippen LogP contribution in [0.3, 0.4) is 0 Å². The highest BCUT2D eigenvalue weighted by atomic mass is 19.1. The third-order valence-corrected chi connectivity index (χ3v) is 2.77. The van der Waals surface area contributed by atoms with E-state index in [0.717, 1.165) is 0 Å². The number of hydrazine groups is 1. The molecule has 0 saturated carbocycles. The number of carbonyl (C=O) groups is 1. The summed E-state index contributed by atoms with van der Waals surface area (Å²) in [6.07, 6.45) is 0.424. The van der Waals surface area contributed by atoms with E-state index in [9.17, 15) is 9.18 Å². The van der Waals surface area contributed by atoms with Gasteiger partial charge in [0.05, 0.1) is 0 Å². The highest BCUT2D eigenvalue weighted by molar-refractivity contribution is 5.92. The number of hydrogen-bond donors (Lipinski definition) is 3. The van der Waals surface area contributed by atoms with E-state index >= 15 is 0 Å². The van der Waals surface area contributed by atoms with Crippen LogP contribution in [0.4, 0.5) is 10.2 Å². The molecule has 104 valence electrons. The van der Waals surface area contributed by atoms with E-state index in [1.165, 1.54) is 6.07 Å². The summed E-state index contributed by atoms with van der Waals surface area (Å²) in [6, 6.07) is 11.4. The van der Waals surface area contributed by atoms with Gasteiger partial charge in [-0.25, -0.2) is 15.2 Å². The lowest BCUT2D eigenvalue weighted by Crippen LogP contribution is -2.27. The number of nitrogen functional groups attached to an aromatic ring is 1. The number of rotatable bonds is 5. The van der Waals surface area contributed by atoms with Gasteiger partial charge in [0.1, 0.15) is 17.3 Å². The van der Waals surface area contributed by atoms with Crippen LogP contribution in [0.5, 0.6) is 0 Å². The smallest absolute Gasteiger partial charge is 0.269 e. The molecule has 5 nitrogen and oxygen atoms in total. The van der Waals surface area contributed by atoms with Crippen LogP contribution < -0.4 is 16.6 Å². The molecule has 0 aliphatic heterocycles. The molecule has 1 aromatic carbocycles. The first kappa shape index (κ1) is 14.0. The molecule has 0 unspecified atom stereocenters. The number of anilines is 1.